The SMILES string of the molecule is CCCC(O)Cc1ccc(S(N)(=O)=O)cc1. The van der Waals surface area contributed by atoms with Crippen LogP contribution in [0.5, 0.6) is 0 Å². The molecule has 0 aliphatic carbocycles. The molecule has 0 bridgehead atoms. The van der Waals surface area contributed by atoms with E-state index < -0.39 is 10.0 Å². The number of hydrogen-bond donors (Lipinski definition) is 2. The lowest BCUT2D eigenvalue weighted by Crippen LogP contribution is -2.13. The van der Waals surface area contributed by atoms with Crippen LogP contribution in [0.15, 0.2) is 29.2 Å². The molecule has 0 saturated carbocycles. The zero-order valence-electron chi connectivity index (χ0n) is 9.26. The number of aliphatic hydroxyl groups excluding tert-OH is 1. The second-order valence-electron chi connectivity index (χ2n) is 3.84. The van der Waals surface area contributed by atoms with Crippen molar-refractivity contribution in [2.45, 2.75) is 37.2 Å². The van der Waals surface area contributed by atoms with Crippen LogP contribution in [0.25, 0.3) is 0 Å². The van der Waals surface area contributed by atoms with Crippen LogP contribution >= 0.6 is 0 Å². The quantitative estimate of drug-likeness (QED) is 0.810. The number of aliphatic hydroxyl groups is 1. The molecule has 1 unspecified atom stereocenters. The molecule has 5 heteroatoms. The molecule has 0 radical (unpaired) electrons. The molecule has 0 saturated heterocycles. The van der Waals surface area contributed by atoms with Gasteiger partial charge in [0.2, 0.25) is 10.0 Å². The first kappa shape index (κ1) is 13.2. The van der Waals surface area contributed by atoms with Crippen molar-refractivity contribution in [3.63, 3.8) is 0 Å². The third-order valence-electron chi connectivity index (χ3n) is 2.35. The van der Waals surface area contributed by atoms with Crippen molar-refractivity contribution in [3.05, 3.63) is 29.8 Å². The molecule has 4 nitrogen and oxygen atoms in total. The van der Waals surface area contributed by atoms with Crippen LogP contribution in [0, 0.1) is 0 Å². The highest BCUT2D eigenvalue weighted by molar-refractivity contribution is 7.89. The minimum atomic E-state index is -3.62. The van der Waals surface area contributed by atoms with Crippen LogP contribution in [-0.2, 0) is 16.4 Å². The smallest absolute Gasteiger partial charge is 0.238 e. The van der Waals surface area contributed by atoms with Crippen LogP contribution in [0.3, 0.4) is 0 Å². The molecule has 90 valence electrons. The summed E-state index contributed by atoms with van der Waals surface area (Å²) in [5.74, 6) is 0. The van der Waals surface area contributed by atoms with E-state index in [9.17, 15) is 13.5 Å². The second kappa shape index (κ2) is 5.43. The van der Waals surface area contributed by atoms with E-state index in [4.69, 9.17) is 5.14 Å². The number of nitrogens with two attached hydrogens (primary N) is 1. The molecule has 1 aromatic rings. The van der Waals surface area contributed by atoms with Crippen LogP contribution in [-0.4, -0.2) is 19.6 Å². The molecule has 16 heavy (non-hydrogen) atoms. The van der Waals surface area contributed by atoms with Crippen molar-refractivity contribution in [1.82, 2.24) is 0 Å². The standard InChI is InChI=1S/C11H17NO3S/c1-2-3-10(13)8-9-4-6-11(7-5-9)16(12,14)15/h4-7,10,13H,2-3,8H2,1H3,(H2,12,14,15). The van der Waals surface area contributed by atoms with Crippen molar-refractivity contribution in [2.75, 3.05) is 0 Å². The van der Waals surface area contributed by atoms with Gasteiger partial charge in [0.15, 0.2) is 0 Å². The van der Waals surface area contributed by atoms with Crippen molar-refractivity contribution in [1.29, 1.82) is 0 Å². The lowest BCUT2D eigenvalue weighted by atomic mass is 10.1. The van der Waals surface area contributed by atoms with Crippen molar-refractivity contribution >= 4 is 10.0 Å². The summed E-state index contributed by atoms with van der Waals surface area (Å²) in [6.07, 6.45) is 1.84. The van der Waals surface area contributed by atoms with E-state index in [1.54, 1.807) is 12.1 Å². The highest BCUT2D eigenvalue weighted by Crippen LogP contribution is 2.11. The molecular weight excluding hydrogens is 226 g/mol. The second-order valence-corrected chi connectivity index (χ2v) is 5.40. The first-order chi connectivity index (χ1) is 7.43. The van der Waals surface area contributed by atoms with Gasteiger partial charge in [0.25, 0.3) is 0 Å². The maximum absolute atomic E-state index is 11.0. The Labute approximate surface area is 96.2 Å². The summed E-state index contributed by atoms with van der Waals surface area (Å²) in [5.41, 5.74) is 0.911. The monoisotopic (exact) mass is 243 g/mol. The Balaban J connectivity index is 2.72. The highest BCUT2D eigenvalue weighted by atomic mass is 32.2. The number of primary sulfonamides is 1. The minimum absolute atomic E-state index is 0.0984. The van der Waals surface area contributed by atoms with E-state index in [1.165, 1.54) is 12.1 Å². The Hall–Kier alpha value is -0.910. The lowest BCUT2D eigenvalue weighted by molar-refractivity contribution is 0.164. The van der Waals surface area contributed by atoms with Crippen LogP contribution < -0.4 is 5.14 Å². The topological polar surface area (TPSA) is 80.4 Å². The molecule has 1 rings (SSSR count). The maximum atomic E-state index is 11.0. The Morgan fingerprint density at radius 3 is 2.31 bits per heavy atom. The summed E-state index contributed by atoms with van der Waals surface area (Å²) in [5, 5.41) is 14.6. The summed E-state index contributed by atoms with van der Waals surface area (Å²) in [6, 6.07) is 6.28. The Morgan fingerprint density at radius 1 is 1.31 bits per heavy atom. The van der Waals surface area contributed by atoms with E-state index in [2.05, 4.69) is 0 Å². The first-order valence-corrected chi connectivity index (χ1v) is 6.78. The predicted octanol–water partition coefficient (Wildman–Crippen LogP) is 1.04. The summed E-state index contributed by atoms with van der Waals surface area (Å²) in [4.78, 5) is 0.0984. The average Bonchev–Trinajstić information content (AvgIpc) is 2.17. The summed E-state index contributed by atoms with van der Waals surface area (Å²) >= 11 is 0. The molecule has 0 aromatic heterocycles. The molecule has 1 aromatic carbocycles. The van der Waals surface area contributed by atoms with Gasteiger partial charge in [0.1, 0.15) is 0 Å². The fourth-order valence-corrected chi connectivity index (χ4v) is 2.04. The normalized spacial score (nSPS) is 13.7. The molecular formula is C11H17NO3S. The number of hydrogen-bond acceptors (Lipinski definition) is 3. The third-order valence-corrected chi connectivity index (χ3v) is 3.27. The molecule has 0 aliphatic rings. The van der Waals surface area contributed by atoms with Crippen molar-refractivity contribution in [2.24, 2.45) is 5.14 Å². The Morgan fingerprint density at radius 2 is 1.88 bits per heavy atom. The summed E-state index contributed by atoms with van der Waals surface area (Å²) < 4.78 is 22.0. The highest BCUT2D eigenvalue weighted by Gasteiger charge is 2.08. The van der Waals surface area contributed by atoms with Crippen LogP contribution in [0.4, 0.5) is 0 Å². The number of sulfonamides is 1. The summed E-state index contributed by atoms with van der Waals surface area (Å²) in [7, 11) is -3.62. The predicted molar refractivity (Wildman–Crippen MR) is 62.4 cm³/mol. The Kier molecular flexibility index (Phi) is 4.46. The van der Waals surface area contributed by atoms with E-state index in [1.807, 2.05) is 6.92 Å². The van der Waals surface area contributed by atoms with Gasteiger partial charge in [-0.1, -0.05) is 25.5 Å². The third kappa shape index (κ3) is 3.92. The van der Waals surface area contributed by atoms with Gasteiger partial charge in [-0.3, -0.25) is 0 Å². The fraction of sp³-hybridized carbons (Fsp3) is 0.455. The van der Waals surface area contributed by atoms with Gasteiger partial charge < -0.3 is 5.11 Å². The zero-order valence-corrected chi connectivity index (χ0v) is 10.1. The van der Waals surface area contributed by atoms with E-state index in [-0.39, 0.29) is 11.0 Å². The largest absolute Gasteiger partial charge is 0.393 e. The Bertz CT molecular complexity index is 425. The molecule has 0 fully saturated rings. The molecule has 0 heterocycles. The van der Waals surface area contributed by atoms with E-state index in [0.29, 0.717) is 6.42 Å². The maximum Gasteiger partial charge on any atom is 0.238 e. The van der Waals surface area contributed by atoms with Gasteiger partial charge in [0, 0.05) is 0 Å². The minimum Gasteiger partial charge on any atom is -0.393 e. The van der Waals surface area contributed by atoms with Crippen molar-refractivity contribution < 1.29 is 13.5 Å². The number of rotatable bonds is 5. The van der Waals surface area contributed by atoms with Gasteiger partial charge >= 0.3 is 0 Å². The molecule has 0 spiro atoms. The zero-order chi connectivity index (χ0) is 12.2. The van der Waals surface area contributed by atoms with E-state index >= 15 is 0 Å². The first-order valence-electron chi connectivity index (χ1n) is 5.23. The molecule has 3 N–H and O–H groups in total. The summed E-state index contributed by atoms with van der Waals surface area (Å²) in [6.45, 7) is 2.01. The van der Waals surface area contributed by atoms with Gasteiger partial charge in [0.05, 0.1) is 11.0 Å². The average molecular weight is 243 g/mol. The van der Waals surface area contributed by atoms with Crippen LogP contribution in [0.1, 0.15) is 25.3 Å². The van der Waals surface area contributed by atoms with Gasteiger partial charge in [-0.15, -0.1) is 0 Å². The molecule has 0 aliphatic heterocycles. The molecule has 0 amide bonds. The van der Waals surface area contributed by atoms with Gasteiger partial charge in [-0.25, -0.2) is 13.6 Å². The van der Waals surface area contributed by atoms with Crippen LogP contribution in [0.2, 0.25) is 0 Å². The van der Waals surface area contributed by atoms with Crippen molar-refractivity contribution in [3.8, 4) is 0 Å². The fourth-order valence-electron chi connectivity index (χ4n) is 1.52. The number of benzene rings is 1. The van der Waals surface area contributed by atoms with E-state index in [0.717, 1.165) is 18.4 Å². The van der Waals surface area contributed by atoms with Gasteiger partial charge in [-0.05, 0) is 30.5 Å². The molecule has 1 atom stereocenters. The van der Waals surface area contributed by atoms with Gasteiger partial charge in [-0.2, -0.15) is 0 Å². The lowest BCUT2D eigenvalue weighted by Gasteiger charge is -2.09.